The lowest BCUT2D eigenvalue weighted by atomic mass is 10.0. The molecule has 4 atom stereocenters. The normalized spacial score (nSPS) is 18.7. The third kappa shape index (κ3) is 6.51. The highest BCUT2D eigenvalue weighted by atomic mass is 16.4. The average molecular weight is 449 g/mol. The van der Waals surface area contributed by atoms with E-state index in [-0.39, 0.29) is 18.9 Å². The molecule has 1 saturated heterocycles. The Balaban J connectivity index is 2.02. The monoisotopic (exact) mass is 448 g/mol. The van der Waals surface area contributed by atoms with Gasteiger partial charge >= 0.3 is 5.97 Å². The van der Waals surface area contributed by atoms with E-state index in [0.29, 0.717) is 12.8 Å². The number of carbonyl (C=O) groups excluding carboxylic acids is 3. The number of benzene rings is 1. The maximum Gasteiger partial charge on any atom is 0.326 e. The molecule has 176 valence electrons. The number of rotatable bonds is 10. The smallest absolute Gasteiger partial charge is 0.326 e. The Hall–Kier alpha value is -2.98. The molecular weight excluding hydrogens is 416 g/mol. The second-order valence-corrected chi connectivity index (χ2v) is 8.30. The number of carbonyl (C=O) groups is 4. The molecule has 10 nitrogen and oxygen atoms in total. The van der Waals surface area contributed by atoms with Gasteiger partial charge in [-0.2, -0.15) is 0 Å². The van der Waals surface area contributed by atoms with Gasteiger partial charge in [0.15, 0.2) is 0 Å². The zero-order chi connectivity index (χ0) is 23.8. The molecule has 1 aromatic rings. The van der Waals surface area contributed by atoms with E-state index in [9.17, 15) is 29.4 Å². The molecule has 1 heterocycles. The van der Waals surface area contributed by atoms with Crippen molar-refractivity contribution in [2.24, 2.45) is 11.7 Å². The minimum absolute atomic E-state index is 0.263. The number of likely N-dealkylation sites (tertiary alicyclic amines) is 1. The summed E-state index contributed by atoms with van der Waals surface area (Å²) in [5.74, 6) is -3.26. The van der Waals surface area contributed by atoms with Crippen LogP contribution >= 0.6 is 0 Å². The van der Waals surface area contributed by atoms with E-state index >= 15 is 0 Å². The number of amides is 3. The van der Waals surface area contributed by atoms with Crippen LogP contribution in [-0.4, -0.2) is 76.1 Å². The van der Waals surface area contributed by atoms with E-state index in [1.54, 1.807) is 13.8 Å². The van der Waals surface area contributed by atoms with E-state index < -0.39 is 54.5 Å². The fourth-order valence-electron chi connectivity index (χ4n) is 3.69. The second-order valence-electron chi connectivity index (χ2n) is 8.30. The molecule has 1 aliphatic rings. The number of nitrogens with one attached hydrogen (secondary N) is 2. The van der Waals surface area contributed by atoms with E-state index in [1.807, 2.05) is 30.3 Å². The molecule has 0 spiro atoms. The fourth-order valence-corrected chi connectivity index (χ4v) is 3.69. The number of nitrogens with zero attached hydrogens (tertiary/aromatic N) is 1. The summed E-state index contributed by atoms with van der Waals surface area (Å²) in [5.41, 5.74) is 6.81. The minimum atomic E-state index is -1.25. The van der Waals surface area contributed by atoms with Crippen molar-refractivity contribution in [1.82, 2.24) is 15.5 Å². The first-order valence-corrected chi connectivity index (χ1v) is 10.7. The van der Waals surface area contributed by atoms with Crippen molar-refractivity contribution >= 4 is 23.7 Å². The highest BCUT2D eigenvalue weighted by molar-refractivity contribution is 5.94. The lowest BCUT2D eigenvalue weighted by Crippen LogP contribution is -2.58. The molecule has 32 heavy (non-hydrogen) atoms. The van der Waals surface area contributed by atoms with Crippen LogP contribution in [0.2, 0.25) is 0 Å². The van der Waals surface area contributed by atoms with Crippen molar-refractivity contribution in [3.8, 4) is 0 Å². The number of aliphatic hydroxyl groups excluding tert-OH is 1. The maximum atomic E-state index is 13.0. The zero-order valence-corrected chi connectivity index (χ0v) is 18.4. The zero-order valence-electron chi connectivity index (χ0n) is 18.4. The largest absolute Gasteiger partial charge is 0.480 e. The first-order valence-electron chi connectivity index (χ1n) is 10.7. The van der Waals surface area contributed by atoms with Gasteiger partial charge < -0.3 is 31.5 Å². The molecule has 6 N–H and O–H groups in total. The van der Waals surface area contributed by atoms with Gasteiger partial charge in [0.1, 0.15) is 18.1 Å². The third-order valence-electron chi connectivity index (χ3n) is 5.50. The summed E-state index contributed by atoms with van der Waals surface area (Å²) < 4.78 is 0. The Morgan fingerprint density at radius 1 is 1.16 bits per heavy atom. The molecule has 0 aliphatic carbocycles. The number of hydrogen-bond acceptors (Lipinski definition) is 6. The van der Waals surface area contributed by atoms with Crippen molar-refractivity contribution in [2.75, 3.05) is 13.2 Å². The minimum Gasteiger partial charge on any atom is -0.480 e. The van der Waals surface area contributed by atoms with E-state index in [1.165, 1.54) is 4.90 Å². The van der Waals surface area contributed by atoms with Crippen LogP contribution in [0.4, 0.5) is 0 Å². The van der Waals surface area contributed by atoms with Gasteiger partial charge in [0.05, 0.1) is 12.6 Å². The van der Waals surface area contributed by atoms with E-state index in [0.717, 1.165) is 5.56 Å². The van der Waals surface area contributed by atoms with Gasteiger partial charge in [-0.05, 0) is 30.7 Å². The molecule has 3 amide bonds. The van der Waals surface area contributed by atoms with E-state index in [2.05, 4.69) is 10.6 Å². The van der Waals surface area contributed by atoms with Crippen LogP contribution in [0.15, 0.2) is 30.3 Å². The van der Waals surface area contributed by atoms with Crippen molar-refractivity contribution < 1.29 is 29.4 Å². The highest BCUT2D eigenvalue weighted by Gasteiger charge is 2.39. The summed E-state index contributed by atoms with van der Waals surface area (Å²) in [6.45, 7) is 2.95. The summed E-state index contributed by atoms with van der Waals surface area (Å²) in [6.07, 6.45) is 1.17. The standard InChI is InChI=1S/C22H32N4O6/c1-13(2)18(22(31)32)25-20(29)17-9-6-10-26(17)21(30)16(12-27)24-19(28)15(23)11-14-7-4-3-5-8-14/h3-5,7-8,13,15-18,27H,6,9-12,23H2,1-2H3,(H,24,28)(H,25,29)(H,31,32). The summed E-state index contributed by atoms with van der Waals surface area (Å²) >= 11 is 0. The molecule has 4 unspecified atom stereocenters. The Bertz CT molecular complexity index is 816. The van der Waals surface area contributed by atoms with Crippen LogP contribution in [0.25, 0.3) is 0 Å². The highest BCUT2D eigenvalue weighted by Crippen LogP contribution is 2.19. The first-order chi connectivity index (χ1) is 15.1. The van der Waals surface area contributed by atoms with Crippen LogP contribution in [0, 0.1) is 5.92 Å². The van der Waals surface area contributed by atoms with Gasteiger partial charge in [-0.15, -0.1) is 0 Å². The molecule has 10 heteroatoms. The molecule has 0 bridgehead atoms. The van der Waals surface area contributed by atoms with Crippen LogP contribution in [0.3, 0.4) is 0 Å². The summed E-state index contributed by atoms with van der Waals surface area (Å²) in [6, 6.07) is 5.04. The van der Waals surface area contributed by atoms with E-state index in [4.69, 9.17) is 5.73 Å². The van der Waals surface area contributed by atoms with Gasteiger partial charge in [0.2, 0.25) is 17.7 Å². The molecule has 1 aliphatic heterocycles. The van der Waals surface area contributed by atoms with Crippen molar-refractivity contribution in [3.05, 3.63) is 35.9 Å². The first kappa shape index (κ1) is 25.3. The summed E-state index contributed by atoms with van der Waals surface area (Å²) in [7, 11) is 0. The summed E-state index contributed by atoms with van der Waals surface area (Å²) in [4.78, 5) is 50.8. The predicted octanol–water partition coefficient (Wildman–Crippen LogP) is -0.750. The van der Waals surface area contributed by atoms with Crippen molar-refractivity contribution in [1.29, 1.82) is 0 Å². The number of carboxylic acids is 1. The Morgan fingerprint density at radius 2 is 1.81 bits per heavy atom. The topological polar surface area (TPSA) is 162 Å². The Kier molecular flexibility index (Phi) is 9.15. The molecule has 0 saturated carbocycles. The molecule has 0 radical (unpaired) electrons. The molecule has 0 aromatic heterocycles. The molecular formula is C22H32N4O6. The maximum absolute atomic E-state index is 13.0. The van der Waals surface area contributed by atoms with Crippen LogP contribution in [0.5, 0.6) is 0 Å². The van der Waals surface area contributed by atoms with Gasteiger partial charge in [-0.1, -0.05) is 44.2 Å². The SMILES string of the molecule is CC(C)C(NC(=O)C1CCCN1C(=O)C(CO)NC(=O)C(N)Cc1ccccc1)C(=O)O. The molecule has 1 aromatic carbocycles. The van der Waals surface area contributed by atoms with Gasteiger partial charge in [-0.3, -0.25) is 14.4 Å². The molecule has 2 rings (SSSR count). The van der Waals surface area contributed by atoms with Crippen molar-refractivity contribution in [2.45, 2.75) is 57.3 Å². The fraction of sp³-hybridized carbons (Fsp3) is 0.545. The number of nitrogens with two attached hydrogens (primary N) is 1. The lowest BCUT2D eigenvalue weighted by Gasteiger charge is -2.29. The third-order valence-corrected chi connectivity index (χ3v) is 5.50. The van der Waals surface area contributed by atoms with Crippen LogP contribution in [-0.2, 0) is 25.6 Å². The van der Waals surface area contributed by atoms with Crippen molar-refractivity contribution in [3.63, 3.8) is 0 Å². The van der Waals surface area contributed by atoms with Gasteiger partial charge in [0, 0.05) is 6.54 Å². The number of aliphatic hydroxyl groups is 1. The quantitative estimate of drug-likeness (QED) is 0.314. The Morgan fingerprint density at radius 3 is 2.38 bits per heavy atom. The second kappa shape index (κ2) is 11.6. The average Bonchev–Trinajstić information content (AvgIpc) is 3.25. The Labute approximate surface area is 187 Å². The number of aliphatic carboxylic acids is 1. The van der Waals surface area contributed by atoms with Crippen LogP contribution in [0.1, 0.15) is 32.3 Å². The van der Waals surface area contributed by atoms with Gasteiger partial charge in [0.25, 0.3) is 0 Å². The molecule has 1 fully saturated rings. The predicted molar refractivity (Wildman–Crippen MR) is 116 cm³/mol. The number of hydrogen-bond donors (Lipinski definition) is 5. The number of carboxylic acid groups (broad SMARTS) is 1. The van der Waals surface area contributed by atoms with Gasteiger partial charge in [-0.25, -0.2) is 4.79 Å². The summed E-state index contributed by atoms with van der Waals surface area (Å²) in [5, 5.41) is 24.0. The van der Waals surface area contributed by atoms with Crippen LogP contribution < -0.4 is 16.4 Å². The lowest BCUT2D eigenvalue weighted by molar-refractivity contribution is -0.146.